The summed E-state index contributed by atoms with van der Waals surface area (Å²) in [5, 5.41) is 11.8. The zero-order valence-corrected chi connectivity index (χ0v) is 21.6. The van der Waals surface area contributed by atoms with Gasteiger partial charge in [0.05, 0.1) is 6.54 Å². The van der Waals surface area contributed by atoms with Crippen LogP contribution >= 0.6 is 24.0 Å². The molecule has 1 fully saturated rings. The van der Waals surface area contributed by atoms with Gasteiger partial charge in [0.2, 0.25) is 0 Å². The van der Waals surface area contributed by atoms with Gasteiger partial charge in [-0.05, 0) is 11.1 Å². The van der Waals surface area contributed by atoms with Crippen LogP contribution in [-0.4, -0.2) is 63.2 Å². The summed E-state index contributed by atoms with van der Waals surface area (Å²) in [6.07, 6.45) is 2.70. The maximum atomic E-state index is 4.96. The summed E-state index contributed by atoms with van der Waals surface area (Å²) >= 11 is 0. The quantitative estimate of drug-likeness (QED) is 0.261. The molecule has 7 nitrogen and oxygen atoms in total. The molecule has 2 aromatic carbocycles. The van der Waals surface area contributed by atoms with Crippen LogP contribution in [0.4, 0.5) is 0 Å². The lowest BCUT2D eigenvalue weighted by Crippen LogP contribution is -2.52. The molecule has 1 aliphatic rings. The van der Waals surface area contributed by atoms with E-state index >= 15 is 0 Å². The van der Waals surface area contributed by atoms with Gasteiger partial charge in [-0.15, -0.1) is 34.2 Å². The average molecular weight is 560 g/mol. The monoisotopic (exact) mass is 559 g/mol. The van der Waals surface area contributed by atoms with Gasteiger partial charge >= 0.3 is 0 Å². The van der Waals surface area contributed by atoms with Crippen molar-refractivity contribution in [1.82, 2.24) is 29.9 Å². The number of halogens is 1. The number of guanidine groups is 1. The van der Waals surface area contributed by atoms with Crippen molar-refractivity contribution in [3.05, 3.63) is 83.9 Å². The lowest BCUT2D eigenvalue weighted by Gasteiger charge is -2.36. The lowest BCUT2D eigenvalue weighted by molar-refractivity contribution is 0.172. The second-order valence-electron chi connectivity index (χ2n) is 8.10. The number of piperazine rings is 1. The number of benzene rings is 2. The topological polar surface area (TPSA) is 61.6 Å². The Balaban J connectivity index is 0.00000306. The number of aryl methyl sites for hydroxylation is 1. The third-order valence-corrected chi connectivity index (χ3v) is 5.82. The van der Waals surface area contributed by atoms with Gasteiger partial charge in [-0.25, -0.2) is 4.99 Å². The molecular weight excluding hydrogens is 525 g/mol. The molecule has 0 unspecified atom stereocenters. The molecule has 1 aromatic heterocycles. The first kappa shape index (κ1) is 25.2. The van der Waals surface area contributed by atoms with Crippen LogP contribution in [0.1, 0.15) is 23.9 Å². The van der Waals surface area contributed by atoms with Gasteiger partial charge in [-0.3, -0.25) is 4.90 Å². The minimum Gasteiger partial charge on any atom is -0.354 e. The van der Waals surface area contributed by atoms with Crippen molar-refractivity contribution in [1.29, 1.82) is 0 Å². The summed E-state index contributed by atoms with van der Waals surface area (Å²) in [7, 11) is 0. The Morgan fingerprint density at radius 1 is 0.939 bits per heavy atom. The fourth-order valence-corrected chi connectivity index (χ4v) is 4.00. The standard InChI is InChI=1S/C25H33N7.HI/c1-2-24-29-28-21-32(24)14-13-26-25(27-19-22-9-5-3-6-10-22)31-17-15-30(16-18-31)20-23-11-7-4-8-12-23;/h3-12,21H,2,13-20H2,1H3,(H,26,27);1H. The van der Waals surface area contributed by atoms with Gasteiger partial charge in [0, 0.05) is 52.2 Å². The Morgan fingerprint density at radius 3 is 2.27 bits per heavy atom. The second-order valence-corrected chi connectivity index (χ2v) is 8.10. The Kier molecular flexibility index (Phi) is 10.1. The molecule has 176 valence electrons. The van der Waals surface area contributed by atoms with Crippen LogP contribution < -0.4 is 5.32 Å². The molecule has 3 aromatic rings. The third-order valence-electron chi connectivity index (χ3n) is 5.82. The summed E-state index contributed by atoms with van der Waals surface area (Å²) in [6, 6.07) is 21.2. The molecule has 1 aliphatic heterocycles. The minimum atomic E-state index is 0. The highest BCUT2D eigenvalue weighted by Gasteiger charge is 2.20. The van der Waals surface area contributed by atoms with Crippen LogP contribution in [0.5, 0.6) is 0 Å². The Hall–Kier alpha value is -2.46. The Morgan fingerprint density at radius 2 is 1.61 bits per heavy atom. The number of nitrogens with one attached hydrogen (secondary N) is 1. The van der Waals surface area contributed by atoms with Gasteiger partial charge in [-0.2, -0.15) is 0 Å². The van der Waals surface area contributed by atoms with Crippen molar-refractivity contribution in [3.63, 3.8) is 0 Å². The first-order chi connectivity index (χ1) is 15.8. The molecule has 0 aliphatic carbocycles. The molecule has 0 atom stereocenters. The summed E-state index contributed by atoms with van der Waals surface area (Å²) in [5.74, 6) is 2.00. The zero-order chi connectivity index (χ0) is 22.0. The van der Waals surface area contributed by atoms with Gasteiger partial charge in [0.15, 0.2) is 5.96 Å². The molecule has 0 radical (unpaired) electrons. The van der Waals surface area contributed by atoms with E-state index in [4.69, 9.17) is 4.99 Å². The molecule has 0 spiro atoms. The zero-order valence-electron chi connectivity index (χ0n) is 19.3. The largest absolute Gasteiger partial charge is 0.354 e. The predicted octanol–water partition coefficient (Wildman–Crippen LogP) is 3.42. The highest BCUT2D eigenvalue weighted by atomic mass is 127. The SMILES string of the molecule is CCc1nncn1CCNC(=NCc1ccccc1)N1CCN(Cc2ccccc2)CC1.I. The van der Waals surface area contributed by atoms with Gasteiger partial charge in [-0.1, -0.05) is 67.6 Å². The van der Waals surface area contributed by atoms with E-state index in [2.05, 4.69) is 91.4 Å². The summed E-state index contributed by atoms with van der Waals surface area (Å²) in [4.78, 5) is 9.87. The lowest BCUT2D eigenvalue weighted by atomic mass is 10.2. The number of aliphatic imine (C=N–C) groups is 1. The van der Waals surface area contributed by atoms with Crippen molar-refractivity contribution in [2.45, 2.75) is 33.0 Å². The minimum absolute atomic E-state index is 0. The smallest absolute Gasteiger partial charge is 0.194 e. The van der Waals surface area contributed by atoms with Crippen LogP contribution in [0.3, 0.4) is 0 Å². The van der Waals surface area contributed by atoms with E-state index in [1.807, 2.05) is 12.4 Å². The summed E-state index contributed by atoms with van der Waals surface area (Å²) < 4.78 is 2.11. The number of hydrogen-bond acceptors (Lipinski definition) is 4. The Bertz CT molecular complexity index is 967. The highest BCUT2D eigenvalue weighted by Crippen LogP contribution is 2.09. The summed E-state index contributed by atoms with van der Waals surface area (Å²) in [6.45, 7) is 9.43. The maximum Gasteiger partial charge on any atom is 0.194 e. The van der Waals surface area contributed by atoms with Crippen LogP contribution in [0, 0.1) is 0 Å². The first-order valence-electron chi connectivity index (χ1n) is 11.5. The van der Waals surface area contributed by atoms with Gasteiger partial charge in [0.1, 0.15) is 12.2 Å². The molecule has 0 amide bonds. The maximum absolute atomic E-state index is 4.96. The first-order valence-corrected chi connectivity index (χ1v) is 11.5. The van der Waals surface area contributed by atoms with Gasteiger partial charge < -0.3 is 14.8 Å². The molecule has 8 heteroatoms. The van der Waals surface area contributed by atoms with Crippen LogP contribution in [0.2, 0.25) is 0 Å². The fraction of sp³-hybridized carbons (Fsp3) is 0.400. The van der Waals surface area contributed by atoms with Crippen molar-refractivity contribution in [2.75, 3.05) is 32.7 Å². The fourth-order valence-electron chi connectivity index (χ4n) is 4.00. The highest BCUT2D eigenvalue weighted by molar-refractivity contribution is 14.0. The molecule has 33 heavy (non-hydrogen) atoms. The molecular formula is C25H34IN7. The second kappa shape index (κ2) is 13.3. The van der Waals surface area contributed by atoms with E-state index in [-0.39, 0.29) is 24.0 Å². The molecule has 1 N–H and O–H groups in total. The third kappa shape index (κ3) is 7.53. The molecule has 2 heterocycles. The molecule has 0 saturated carbocycles. The number of rotatable bonds is 8. The normalized spacial score (nSPS) is 14.7. The number of aromatic nitrogens is 3. The van der Waals surface area contributed by atoms with Crippen molar-refractivity contribution in [2.24, 2.45) is 4.99 Å². The van der Waals surface area contributed by atoms with Crippen molar-refractivity contribution >= 4 is 29.9 Å². The van der Waals surface area contributed by atoms with Gasteiger partial charge in [0.25, 0.3) is 0 Å². The number of nitrogens with zero attached hydrogens (tertiary/aromatic N) is 6. The molecule has 1 saturated heterocycles. The molecule has 4 rings (SSSR count). The van der Waals surface area contributed by atoms with E-state index in [1.165, 1.54) is 11.1 Å². The van der Waals surface area contributed by atoms with E-state index in [0.29, 0.717) is 6.54 Å². The van der Waals surface area contributed by atoms with E-state index in [1.54, 1.807) is 0 Å². The van der Waals surface area contributed by atoms with Crippen molar-refractivity contribution in [3.8, 4) is 0 Å². The van der Waals surface area contributed by atoms with E-state index in [0.717, 1.165) is 64.0 Å². The van der Waals surface area contributed by atoms with E-state index < -0.39 is 0 Å². The predicted molar refractivity (Wildman–Crippen MR) is 144 cm³/mol. The van der Waals surface area contributed by atoms with Crippen LogP contribution in [0.25, 0.3) is 0 Å². The molecule has 0 bridgehead atoms. The van der Waals surface area contributed by atoms with Crippen LogP contribution in [-0.2, 0) is 26.1 Å². The average Bonchev–Trinajstić information content (AvgIpc) is 3.31. The van der Waals surface area contributed by atoms with E-state index in [9.17, 15) is 0 Å². The Labute approximate surface area is 213 Å². The van der Waals surface area contributed by atoms with Crippen molar-refractivity contribution < 1.29 is 0 Å². The number of hydrogen-bond donors (Lipinski definition) is 1. The van der Waals surface area contributed by atoms with Crippen LogP contribution in [0.15, 0.2) is 72.0 Å². The summed E-state index contributed by atoms with van der Waals surface area (Å²) in [5.41, 5.74) is 2.60.